The monoisotopic (exact) mass is 497 g/mol. The van der Waals surface area contributed by atoms with Crippen molar-refractivity contribution in [2.24, 2.45) is 0 Å². The predicted molar refractivity (Wildman–Crippen MR) is 140 cm³/mol. The van der Waals surface area contributed by atoms with Crippen LogP contribution in [0.25, 0.3) is 17.1 Å². The minimum atomic E-state index is -0.986. The fraction of sp³-hybridized carbons (Fsp3) is 0.310. The molecule has 0 aliphatic carbocycles. The molecule has 0 spiro atoms. The lowest BCUT2D eigenvalue weighted by Gasteiger charge is -2.45. The summed E-state index contributed by atoms with van der Waals surface area (Å²) >= 11 is 0. The standard InChI is InChI=1S/C29H31N5O3/c1-21(22-9-11-23(12-10-22)24-17-31-26(32-18-24)33-16-14-30-20-33)34-15-13-29(37-27(34)35,19-28(2,3)36)25-7-5-4-6-8-25/h4-12,14,16-18,20-21,36H,13,15,19H2,1-3H3/t21-,29?/m0/s1. The molecule has 1 unspecified atom stereocenters. The van der Waals surface area contributed by atoms with Gasteiger partial charge in [-0.05, 0) is 37.5 Å². The molecule has 0 radical (unpaired) electrons. The molecule has 1 aliphatic heterocycles. The van der Waals surface area contributed by atoms with E-state index in [9.17, 15) is 9.90 Å². The largest absolute Gasteiger partial charge is 0.438 e. The van der Waals surface area contributed by atoms with Crippen LogP contribution >= 0.6 is 0 Å². The molecule has 1 aliphatic rings. The van der Waals surface area contributed by atoms with Gasteiger partial charge < -0.3 is 14.7 Å². The maximum Gasteiger partial charge on any atom is 0.411 e. The molecule has 4 aromatic rings. The Morgan fingerprint density at radius 2 is 1.76 bits per heavy atom. The van der Waals surface area contributed by atoms with Crippen LogP contribution in [0.4, 0.5) is 4.79 Å². The summed E-state index contributed by atoms with van der Waals surface area (Å²) in [6, 6.07) is 17.6. The van der Waals surface area contributed by atoms with Crippen molar-refractivity contribution < 1.29 is 14.6 Å². The first kappa shape index (κ1) is 24.6. The molecule has 1 saturated heterocycles. The molecular formula is C29H31N5O3. The molecule has 2 aromatic carbocycles. The van der Waals surface area contributed by atoms with E-state index in [2.05, 4.69) is 15.0 Å². The van der Waals surface area contributed by atoms with E-state index in [1.165, 1.54) is 0 Å². The zero-order valence-electron chi connectivity index (χ0n) is 21.3. The first-order valence-corrected chi connectivity index (χ1v) is 12.4. The number of ether oxygens (including phenoxy) is 1. The summed E-state index contributed by atoms with van der Waals surface area (Å²) in [5.41, 5.74) is 1.96. The van der Waals surface area contributed by atoms with Gasteiger partial charge in [-0.3, -0.25) is 4.57 Å². The molecule has 2 atom stereocenters. The van der Waals surface area contributed by atoms with Crippen molar-refractivity contribution in [2.75, 3.05) is 6.54 Å². The second kappa shape index (κ2) is 9.78. The molecule has 37 heavy (non-hydrogen) atoms. The van der Waals surface area contributed by atoms with Crippen LogP contribution in [0.2, 0.25) is 0 Å². The Labute approximate surface area is 216 Å². The van der Waals surface area contributed by atoms with Gasteiger partial charge in [0.1, 0.15) is 11.9 Å². The summed E-state index contributed by atoms with van der Waals surface area (Å²) in [5, 5.41) is 10.6. The number of aliphatic hydroxyl groups is 1. The Morgan fingerprint density at radius 3 is 2.35 bits per heavy atom. The van der Waals surface area contributed by atoms with Crippen LogP contribution in [-0.2, 0) is 10.3 Å². The third-order valence-electron chi connectivity index (χ3n) is 6.86. The molecule has 1 N–H and O–H groups in total. The summed E-state index contributed by atoms with van der Waals surface area (Å²) in [6.45, 7) is 6.03. The molecular weight excluding hydrogens is 466 g/mol. The zero-order chi connectivity index (χ0) is 26.0. The van der Waals surface area contributed by atoms with Crippen LogP contribution in [0.1, 0.15) is 50.8 Å². The molecule has 1 fully saturated rings. The third kappa shape index (κ3) is 5.24. The van der Waals surface area contributed by atoms with Gasteiger partial charge in [0, 0.05) is 49.7 Å². The summed E-state index contributed by atoms with van der Waals surface area (Å²) in [7, 11) is 0. The van der Waals surface area contributed by atoms with Gasteiger partial charge in [0.2, 0.25) is 5.95 Å². The van der Waals surface area contributed by atoms with Crippen molar-refractivity contribution >= 4 is 6.09 Å². The van der Waals surface area contributed by atoms with Crippen LogP contribution in [0.15, 0.2) is 85.7 Å². The van der Waals surface area contributed by atoms with E-state index in [-0.39, 0.29) is 12.1 Å². The lowest BCUT2D eigenvalue weighted by atomic mass is 9.80. The van der Waals surface area contributed by atoms with E-state index < -0.39 is 11.2 Å². The Hall–Kier alpha value is -4.04. The van der Waals surface area contributed by atoms with Gasteiger partial charge in [-0.1, -0.05) is 54.6 Å². The van der Waals surface area contributed by atoms with E-state index in [1.807, 2.05) is 61.5 Å². The highest BCUT2D eigenvalue weighted by atomic mass is 16.6. The highest BCUT2D eigenvalue weighted by Gasteiger charge is 2.46. The number of benzene rings is 2. The molecule has 0 saturated carbocycles. The van der Waals surface area contributed by atoms with E-state index in [0.29, 0.717) is 25.3 Å². The highest BCUT2D eigenvalue weighted by Crippen LogP contribution is 2.42. The maximum atomic E-state index is 13.3. The van der Waals surface area contributed by atoms with Crippen LogP contribution in [0, 0.1) is 0 Å². The number of rotatable bonds is 7. The molecule has 2 aromatic heterocycles. The summed E-state index contributed by atoms with van der Waals surface area (Å²) in [5.74, 6) is 0.561. The van der Waals surface area contributed by atoms with Gasteiger partial charge in [0.15, 0.2) is 0 Å². The SMILES string of the molecule is C[C@@H](c1ccc(-c2cnc(-n3ccnc3)nc2)cc1)N1CCC(CC(C)(C)O)(c2ccccc2)OC1=O. The Balaban J connectivity index is 1.31. The van der Waals surface area contributed by atoms with E-state index in [1.54, 1.807) is 54.4 Å². The van der Waals surface area contributed by atoms with Crippen molar-refractivity contribution in [3.8, 4) is 17.1 Å². The van der Waals surface area contributed by atoms with Crippen LogP contribution < -0.4 is 0 Å². The van der Waals surface area contributed by atoms with Crippen molar-refractivity contribution in [3.05, 3.63) is 96.8 Å². The maximum absolute atomic E-state index is 13.3. The van der Waals surface area contributed by atoms with Crippen molar-refractivity contribution in [1.82, 2.24) is 24.4 Å². The fourth-order valence-corrected chi connectivity index (χ4v) is 5.01. The lowest BCUT2D eigenvalue weighted by molar-refractivity contribution is -0.101. The van der Waals surface area contributed by atoms with Gasteiger partial charge in [-0.15, -0.1) is 0 Å². The van der Waals surface area contributed by atoms with Gasteiger partial charge >= 0.3 is 6.09 Å². The van der Waals surface area contributed by atoms with Crippen molar-refractivity contribution in [3.63, 3.8) is 0 Å². The van der Waals surface area contributed by atoms with Gasteiger partial charge in [0.05, 0.1) is 11.6 Å². The number of hydrogen-bond donors (Lipinski definition) is 1. The number of hydrogen-bond acceptors (Lipinski definition) is 6. The summed E-state index contributed by atoms with van der Waals surface area (Å²) < 4.78 is 7.88. The molecule has 3 heterocycles. The van der Waals surface area contributed by atoms with Crippen molar-refractivity contribution in [2.45, 2.75) is 50.9 Å². The van der Waals surface area contributed by atoms with Crippen molar-refractivity contribution in [1.29, 1.82) is 0 Å². The molecule has 8 heteroatoms. The van der Waals surface area contributed by atoms with Crippen LogP contribution in [-0.4, -0.2) is 47.8 Å². The second-order valence-corrected chi connectivity index (χ2v) is 10.2. The lowest BCUT2D eigenvalue weighted by Crippen LogP contribution is -2.51. The summed E-state index contributed by atoms with van der Waals surface area (Å²) in [6.07, 6.45) is 9.26. The number of imidazole rings is 1. The number of aromatic nitrogens is 4. The highest BCUT2D eigenvalue weighted by molar-refractivity contribution is 5.70. The van der Waals surface area contributed by atoms with E-state index in [0.717, 1.165) is 22.3 Å². The Kier molecular flexibility index (Phi) is 6.52. The average Bonchev–Trinajstić information content (AvgIpc) is 3.43. The summed E-state index contributed by atoms with van der Waals surface area (Å²) in [4.78, 5) is 27.9. The van der Waals surface area contributed by atoms with E-state index in [4.69, 9.17) is 4.74 Å². The molecule has 190 valence electrons. The fourth-order valence-electron chi connectivity index (χ4n) is 5.01. The number of amides is 1. The second-order valence-electron chi connectivity index (χ2n) is 10.2. The smallest absolute Gasteiger partial charge is 0.411 e. The van der Waals surface area contributed by atoms with Gasteiger partial charge in [0.25, 0.3) is 0 Å². The normalized spacial score (nSPS) is 18.9. The number of nitrogens with zero attached hydrogens (tertiary/aromatic N) is 5. The van der Waals surface area contributed by atoms with Gasteiger partial charge in [-0.25, -0.2) is 19.7 Å². The topological polar surface area (TPSA) is 93.4 Å². The first-order valence-electron chi connectivity index (χ1n) is 12.4. The average molecular weight is 498 g/mol. The van der Waals surface area contributed by atoms with E-state index >= 15 is 0 Å². The third-order valence-corrected chi connectivity index (χ3v) is 6.86. The Bertz CT molecular complexity index is 1330. The molecule has 5 rings (SSSR count). The minimum absolute atomic E-state index is 0.169. The zero-order valence-corrected chi connectivity index (χ0v) is 21.3. The Morgan fingerprint density at radius 1 is 1.05 bits per heavy atom. The molecule has 0 bridgehead atoms. The number of carbonyl (C=O) groups excluding carboxylic acids is 1. The van der Waals surface area contributed by atoms with Gasteiger partial charge in [-0.2, -0.15) is 0 Å². The molecule has 1 amide bonds. The van der Waals surface area contributed by atoms with Crippen LogP contribution in [0.5, 0.6) is 0 Å². The molecule has 8 nitrogen and oxygen atoms in total. The number of carbonyl (C=O) groups is 1. The number of cyclic esters (lactones) is 1. The quantitative estimate of drug-likeness (QED) is 0.373. The predicted octanol–water partition coefficient (Wildman–Crippen LogP) is 5.29. The first-order chi connectivity index (χ1) is 17.7. The minimum Gasteiger partial charge on any atom is -0.438 e. The van der Waals surface area contributed by atoms with Crippen LogP contribution in [0.3, 0.4) is 0 Å².